The van der Waals surface area contributed by atoms with Gasteiger partial charge in [0.05, 0.1) is 11.1 Å². The third kappa shape index (κ3) is 2.42. The van der Waals surface area contributed by atoms with Crippen LogP contribution in [-0.2, 0) is 10.2 Å². The van der Waals surface area contributed by atoms with Crippen molar-refractivity contribution in [3.8, 4) is 0 Å². The van der Waals surface area contributed by atoms with Gasteiger partial charge in [0.15, 0.2) is 0 Å². The minimum absolute atomic E-state index is 0.177. The molecule has 1 saturated carbocycles. The van der Waals surface area contributed by atoms with E-state index in [9.17, 15) is 13.6 Å². The van der Waals surface area contributed by atoms with Crippen LogP contribution < -0.4 is 5.32 Å². The summed E-state index contributed by atoms with van der Waals surface area (Å²) in [7, 11) is 0. The summed E-state index contributed by atoms with van der Waals surface area (Å²) in [4.78, 5) is 12.6. The molecule has 0 atom stereocenters. The highest BCUT2D eigenvalue weighted by atomic mass is 19.1. The van der Waals surface area contributed by atoms with Crippen molar-refractivity contribution >= 4 is 11.6 Å². The van der Waals surface area contributed by atoms with Gasteiger partial charge in [0.2, 0.25) is 5.91 Å². The number of nitrogens with one attached hydrogen (secondary N) is 1. The second-order valence-electron chi connectivity index (χ2n) is 5.38. The van der Waals surface area contributed by atoms with Gasteiger partial charge in [0, 0.05) is 0 Å². The van der Waals surface area contributed by atoms with Crippen molar-refractivity contribution < 1.29 is 13.6 Å². The van der Waals surface area contributed by atoms with Crippen molar-refractivity contribution in [1.29, 1.82) is 0 Å². The normalized spacial score (nSPS) is 16.1. The Bertz CT molecular complexity index is 663. The molecule has 0 aromatic heterocycles. The number of anilines is 1. The van der Waals surface area contributed by atoms with Crippen LogP contribution >= 0.6 is 0 Å². The lowest BCUT2D eigenvalue weighted by atomic mass is 9.64. The Balaban J connectivity index is 1.87. The number of amides is 1. The molecule has 1 fully saturated rings. The number of carbonyl (C=O) groups excluding carboxylic acids is 1. The topological polar surface area (TPSA) is 29.1 Å². The van der Waals surface area contributed by atoms with Crippen LogP contribution in [0.5, 0.6) is 0 Å². The van der Waals surface area contributed by atoms with Gasteiger partial charge in [-0.2, -0.15) is 0 Å². The Morgan fingerprint density at radius 3 is 2.24 bits per heavy atom. The summed E-state index contributed by atoms with van der Waals surface area (Å²) in [6.45, 7) is 0. The highest BCUT2D eigenvalue weighted by Crippen LogP contribution is 2.44. The van der Waals surface area contributed by atoms with Crippen molar-refractivity contribution in [2.75, 3.05) is 5.32 Å². The van der Waals surface area contributed by atoms with E-state index in [1.807, 2.05) is 0 Å². The molecule has 2 nitrogen and oxygen atoms in total. The molecule has 0 saturated heterocycles. The summed E-state index contributed by atoms with van der Waals surface area (Å²) < 4.78 is 26.7. The zero-order valence-electron chi connectivity index (χ0n) is 11.4. The third-order valence-corrected chi connectivity index (χ3v) is 4.16. The lowest BCUT2D eigenvalue weighted by molar-refractivity contribution is -0.124. The van der Waals surface area contributed by atoms with Crippen LogP contribution in [0.4, 0.5) is 14.5 Å². The first-order chi connectivity index (χ1) is 10.1. The van der Waals surface area contributed by atoms with E-state index >= 15 is 0 Å². The number of carbonyl (C=O) groups is 1. The molecule has 21 heavy (non-hydrogen) atoms. The van der Waals surface area contributed by atoms with Gasteiger partial charge in [-0.15, -0.1) is 0 Å². The van der Waals surface area contributed by atoms with Gasteiger partial charge in [-0.05, 0) is 42.7 Å². The summed E-state index contributed by atoms with van der Waals surface area (Å²) in [6, 6.07) is 12.1. The third-order valence-electron chi connectivity index (χ3n) is 4.16. The van der Waals surface area contributed by atoms with E-state index in [1.165, 1.54) is 24.3 Å². The lowest BCUT2D eigenvalue weighted by Gasteiger charge is -2.40. The number of benzene rings is 2. The maximum Gasteiger partial charge on any atom is 0.235 e. The molecular weight excluding hydrogens is 272 g/mol. The average Bonchev–Trinajstić information content (AvgIpc) is 2.42. The maximum atomic E-state index is 13.7. The molecule has 108 valence electrons. The summed E-state index contributed by atoms with van der Waals surface area (Å²) in [5, 5.41) is 2.66. The van der Waals surface area contributed by atoms with E-state index in [0.717, 1.165) is 12.0 Å². The van der Waals surface area contributed by atoms with Crippen molar-refractivity contribution in [2.24, 2.45) is 0 Å². The highest BCUT2D eigenvalue weighted by molar-refractivity contribution is 6.00. The predicted molar refractivity (Wildman–Crippen MR) is 77.0 cm³/mol. The van der Waals surface area contributed by atoms with E-state index in [0.29, 0.717) is 12.8 Å². The quantitative estimate of drug-likeness (QED) is 0.907. The number of hydrogen-bond acceptors (Lipinski definition) is 1. The monoisotopic (exact) mass is 287 g/mol. The van der Waals surface area contributed by atoms with Crippen LogP contribution in [0, 0.1) is 11.6 Å². The molecule has 0 heterocycles. The Morgan fingerprint density at radius 1 is 1.00 bits per heavy atom. The number of hydrogen-bond donors (Lipinski definition) is 1. The van der Waals surface area contributed by atoms with E-state index in [-0.39, 0.29) is 17.4 Å². The Kier molecular flexibility index (Phi) is 3.45. The van der Waals surface area contributed by atoms with Gasteiger partial charge in [0.1, 0.15) is 11.6 Å². The van der Waals surface area contributed by atoms with E-state index in [2.05, 4.69) is 5.32 Å². The molecule has 1 amide bonds. The van der Waals surface area contributed by atoms with E-state index in [4.69, 9.17) is 0 Å². The molecule has 1 aliphatic rings. The highest BCUT2D eigenvalue weighted by Gasteiger charge is 2.45. The van der Waals surface area contributed by atoms with Crippen LogP contribution in [0.2, 0.25) is 0 Å². The fraction of sp³-hybridized carbons (Fsp3) is 0.235. The van der Waals surface area contributed by atoms with Gasteiger partial charge < -0.3 is 5.32 Å². The molecule has 4 heteroatoms. The molecule has 0 spiro atoms. The SMILES string of the molecule is O=C(Nc1ccccc1F)C1(c2ccc(F)cc2)CCC1. The van der Waals surface area contributed by atoms with Crippen LogP contribution in [-0.4, -0.2) is 5.91 Å². The van der Waals surface area contributed by atoms with Crippen LogP contribution in [0.3, 0.4) is 0 Å². The van der Waals surface area contributed by atoms with Crippen LogP contribution in [0.1, 0.15) is 24.8 Å². The number of rotatable bonds is 3. The summed E-state index contributed by atoms with van der Waals surface area (Å²) >= 11 is 0. The lowest BCUT2D eigenvalue weighted by Crippen LogP contribution is -2.46. The maximum absolute atomic E-state index is 13.7. The standard InChI is InChI=1S/C17H15F2NO/c18-13-8-6-12(7-9-13)17(10-3-11-17)16(21)20-15-5-2-1-4-14(15)19/h1-2,4-9H,3,10-11H2,(H,20,21). The first kappa shape index (κ1) is 13.7. The largest absolute Gasteiger partial charge is 0.323 e. The van der Waals surface area contributed by atoms with Crippen molar-refractivity contribution in [2.45, 2.75) is 24.7 Å². The van der Waals surface area contributed by atoms with Gasteiger partial charge in [-0.1, -0.05) is 30.7 Å². The molecular formula is C17H15F2NO. The molecule has 0 radical (unpaired) electrons. The van der Waals surface area contributed by atoms with Gasteiger partial charge in [-0.3, -0.25) is 4.79 Å². The van der Waals surface area contributed by atoms with Crippen molar-refractivity contribution in [3.63, 3.8) is 0 Å². The van der Waals surface area contributed by atoms with Gasteiger partial charge in [0.25, 0.3) is 0 Å². The Hall–Kier alpha value is -2.23. The first-order valence-corrected chi connectivity index (χ1v) is 6.94. The summed E-state index contributed by atoms with van der Waals surface area (Å²) in [6.07, 6.45) is 2.32. The second kappa shape index (κ2) is 5.28. The minimum Gasteiger partial charge on any atom is -0.323 e. The van der Waals surface area contributed by atoms with Crippen molar-refractivity contribution in [3.05, 3.63) is 65.7 Å². The average molecular weight is 287 g/mol. The Morgan fingerprint density at radius 2 is 1.67 bits per heavy atom. The molecule has 0 unspecified atom stereocenters. The zero-order valence-corrected chi connectivity index (χ0v) is 11.4. The molecule has 1 aliphatic carbocycles. The summed E-state index contributed by atoms with van der Waals surface area (Å²) in [5.74, 6) is -1.02. The molecule has 0 aliphatic heterocycles. The van der Waals surface area contributed by atoms with Crippen molar-refractivity contribution in [1.82, 2.24) is 0 Å². The predicted octanol–water partition coefficient (Wildman–Crippen LogP) is 4.03. The Labute approximate surface area is 121 Å². The fourth-order valence-corrected chi connectivity index (χ4v) is 2.75. The summed E-state index contributed by atoms with van der Waals surface area (Å²) in [5.41, 5.74) is 0.288. The molecule has 2 aromatic rings. The van der Waals surface area contributed by atoms with E-state index < -0.39 is 11.2 Å². The molecule has 2 aromatic carbocycles. The zero-order chi connectivity index (χ0) is 14.9. The van der Waals surface area contributed by atoms with Crippen LogP contribution in [0.15, 0.2) is 48.5 Å². The first-order valence-electron chi connectivity index (χ1n) is 6.94. The number of para-hydroxylation sites is 1. The molecule has 0 bridgehead atoms. The second-order valence-corrected chi connectivity index (χ2v) is 5.38. The number of halogens is 2. The molecule has 1 N–H and O–H groups in total. The van der Waals surface area contributed by atoms with E-state index in [1.54, 1.807) is 24.3 Å². The molecule has 3 rings (SSSR count). The fourth-order valence-electron chi connectivity index (χ4n) is 2.75. The van der Waals surface area contributed by atoms with Gasteiger partial charge in [-0.25, -0.2) is 8.78 Å². The minimum atomic E-state index is -0.671. The van der Waals surface area contributed by atoms with Crippen LogP contribution in [0.25, 0.3) is 0 Å². The smallest absolute Gasteiger partial charge is 0.235 e. The van der Waals surface area contributed by atoms with Gasteiger partial charge >= 0.3 is 0 Å².